The fourth-order valence-electron chi connectivity index (χ4n) is 2.38. The first kappa shape index (κ1) is 19.7. The number of ether oxygens (including phenoxy) is 2. The van der Waals surface area contributed by atoms with Crippen LogP contribution in [0.25, 0.3) is 0 Å². The molecule has 0 aliphatic carbocycles. The van der Waals surface area contributed by atoms with Gasteiger partial charge in [-0.05, 0) is 31.7 Å². The summed E-state index contributed by atoms with van der Waals surface area (Å²) < 4.78 is 11.7. The van der Waals surface area contributed by atoms with Gasteiger partial charge in [-0.2, -0.15) is 0 Å². The maximum atomic E-state index is 12.1. The van der Waals surface area contributed by atoms with Gasteiger partial charge in [-0.3, -0.25) is 4.79 Å². The summed E-state index contributed by atoms with van der Waals surface area (Å²) in [6.07, 6.45) is 2.58. The van der Waals surface area contributed by atoms with Crippen molar-refractivity contribution in [1.29, 1.82) is 0 Å². The highest BCUT2D eigenvalue weighted by molar-refractivity contribution is 5.78. The molecule has 2 N–H and O–H groups in total. The molecular formula is C20H27N3O3. The fraction of sp³-hybridized carbons (Fsp3) is 0.400. The number of aromatic nitrogens is 1. The third-order valence-corrected chi connectivity index (χ3v) is 3.78. The normalized spacial score (nSPS) is 11.7. The van der Waals surface area contributed by atoms with Crippen molar-refractivity contribution >= 4 is 5.91 Å². The Balaban J connectivity index is 2.09. The highest BCUT2D eigenvalue weighted by Crippen LogP contribution is 2.31. The van der Waals surface area contributed by atoms with Crippen LogP contribution in [0.1, 0.15) is 25.8 Å². The van der Waals surface area contributed by atoms with Crippen LogP contribution in [0.2, 0.25) is 0 Å². The molecule has 0 bridgehead atoms. The van der Waals surface area contributed by atoms with Crippen LogP contribution < -0.4 is 20.1 Å². The Morgan fingerprint density at radius 3 is 2.69 bits per heavy atom. The van der Waals surface area contributed by atoms with Crippen molar-refractivity contribution < 1.29 is 14.3 Å². The first-order valence-electron chi connectivity index (χ1n) is 8.91. The average molecular weight is 357 g/mol. The second kappa shape index (κ2) is 10.4. The van der Waals surface area contributed by atoms with Gasteiger partial charge in [0.25, 0.3) is 0 Å². The Hall–Kier alpha value is -2.60. The van der Waals surface area contributed by atoms with Gasteiger partial charge < -0.3 is 20.1 Å². The number of benzene rings is 1. The number of hydrogen-bond donors (Lipinski definition) is 2. The molecule has 2 aromatic rings. The predicted octanol–water partition coefficient (Wildman–Crippen LogP) is 3.13. The monoisotopic (exact) mass is 357 g/mol. The lowest BCUT2D eigenvalue weighted by Crippen LogP contribution is -2.34. The number of pyridine rings is 1. The zero-order valence-electron chi connectivity index (χ0n) is 15.6. The Labute approximate surface area is 154 Å². The van der Waals surface area contributed by atoms with Gasteiger partial charge in [-0.1, -0.05) is 32.0 Å². The standard InChI is InChI=1S/C20H27N3O3/c1-4-12-25-17-9-5-6-10-18(17)26-20-16(8-7-11-22-20)14-23-19(24)15(2)13-21-3/h5-11,15,21H,4,12-14H2,1-3H3,(H,23,24). The van der Waals surface area contributed by atoms with Crippen molar-refractivity contribution in [1.82, 2.24) is 15.6 Å². The van der Waals surface area contributed by atoms with E-state index >= 15 is 0 Å². The summed E-state index contributed by atoms with van der Waals surface area (Å²) in [5.41, 5.74) is 0.808. The van der Waals surface area contributed by atoms with Gasteiger partial charge in [0, 0.05) is 30.8 Å². The minimum absolute atomic E-state index is 0.0131. The van der Waals surface area contributed by atoms with Gasteiger partial charge in [-0.25, -0.2) is 4.98 Å². The summed E-state index contributed by atoms with van der Waals surface area (Å²) >= 11 is 0. The molecule has 0 aliphatic heterocycles. The number of nitrogens with one attached hydrogen (secondary N) is 2. The van der Waals surface area contributed by atoms with Crippen molar-refractivity contribution in [3.05, 3.63) is 48.2 Å². The fourth-order valence-corrected chi connectivity index (χ4v) is 2.38. The van der Waals surface area contributed by atoms with E-state index in [1.165, 1.54) is 0 Å². The highest BCUT2D eigenvalue weighted by Gasteiger charge is 2.14. The SMILES string of the molecule is CCCOc1ccccc1Oc1ncccc1CNC(=O)C(C)CNC. The van der Waals surface area contributed by atoms with Gasteiger partial charge in [-0.15, -0.1) is 0 Å². The third kappa shape index (κ3) is 5.74. The first-order valence-corrected chi connectivity index (χ1v) is 8.91. The summed E-state index contributed by atoms with van der Waals surface area (Å²) in [6.45, 7) is 5.54. The Bertz CT molecular complexity index is 706. The largest absolute Gasteiger partial charge is 0.490 e. The Kier molecular flexibility index (Phi) is 7.89. The van der Waals surface area contributed by atoms with Crippen molar-refractivity contribution in [3.63, 3.8) is 0 Å². The summed E-state index contributed by atoms with van der Waals surface area (Å²) in [5, 5.41) is 5.93. The second-order valence-corrected chi connectivity index (χ2v) is 6.04. The topological polar surface area (TPSA) is 72.5 Å². The van der Waals surface area contributed by atoms with Gasteiger partial charge >= 0.3 is 0 Å². The molecule has 0 aliphatic rings. The van der Waals surface area contributed by atoms with Crippen molar-refractivity contribution in [2.24, 2.45) is 5.92 Å². The van der Waals surface area contributed by atoms with E-state index in [2.05, 4.69) is 22.5 Å². The van der Waals surface area contributed by atoms with Crippen molar-refractivity contribution in [3.8, 4) is 17.4 Å². The van der Waals surface area contributed by atoms with Crippen LogP contribution >= 0.6 is 0 Å². The maximum absolute atomic E-state index is 12.1. The molecule has 1 amide bonds. The van der Waals surface area contributed by atoms with E-state index < -0.39 is 0 Å². The molecule has 1 heterocycles. The van der Waals surface area contributed by atoms with Crippen molar-refractivity contribution in [2.45, 2.75) is 26.8 Å². The quantitative estimate of drug-likeness (QED) is 0.683. The molecule has 0 radical (unpaired) electrons. The number of amides is 1. The highest BCUT2D eigenvalue weighted by atomic mass is 16.5. The lowest BCUT2D eigenvalue weighted by Gasteiger charge is -2.15. The van der Waals surface area contributed by atoms with E-state index in [0.29, 0.717) is 37.1 Å². The lowest BCUT2D eigenvalue weighted by molar-refractivity contribution is -0.124. The zero-order chi connectivity index (χ0) is 18.8. The summed E-state index contributed by atoms with van der Waals surface area (Å²) in [5.74, 6) is 1.63. The van der Waals surface area contributed by atoms with Crippen LogP contribution in [0.4, 0.5) is 0 Å². The van der Waals surface area contributed by atoms with Gasteiger partial charge in [0.1, 0.15) is 0 Å². The van der Waals surface area contributed by atoms with Crippen LogP contribution in [0.15, 0.2) is 42.6 Å². The van der Waals surface area contributed by atoms with E-state index in [1.807, 2.05) is 50.4 Å². The molecule has 0 saturated heterocycles. The van der Waals surface area contributed by atoms with Crippen LogP contribution in [-0.2, 0) is 11.3 Å². The first-order chi connectivity index (χ1) is 12.7. The molecule has 1 atom stereocenters. The molecule has 140 valence electrons. The number of carbonyl (C=O) groups is 1. The van der Waals surface area contributed by atoms with E-state index in [9.17, 15) is 4.79 Å². The number of nitrogens with zero attached hydrogens (tertiary/aromatic N) is 1. The van der Waals surface area contributed by atoms with Gasteiger partial charge in [0.15, 0.2) is 11.5 Å². The average Bonchev–Trinajstić information content (AvgIpc) is 2.66. The van der Waals surface area contributed by atoms with E-state index in [0.717, 1.165) is 12.0 Å². The summed E-state index contributed by atoms with van der Waals surface area (Å²) in [6, 6.07) is 11.2. The molecular weight excluding hydrogens is 330 g/mol. The van der Waals surface area contributed by atoms with Crippen LogP contribution in [0, 0.1) is 5.92 Å². The molecule has 6 nitrogen and oxygen atoms in total. The Morgan fingerprint density at radius 2 is 1.96 bits per heavy atom. The van der Waals surface area contributed by atoms with E-state index in [4.69, 9.17) is 9.47 Å². The predicted molar refractivity (Wildman–Crippen MR) is 101 cm³/mol. The second-order valence-electron chi connectivity index (χ2n) is 6.04. The van der Waals surface area contributed by atoms with Gasteiger partial charge in [0.2, 0.25) is 11.8 Å². The molecule has 0 spiro atoms. The molecule has 1 aromatic carbocycles. The molecule has 2 rings (SSSR count). The molecule has 26 heavy (non-hydrogen) atoms. The maximum Gasteiger partial charge on any atom is 0.224 e. The zero-order valence-corrected chi connectivity index (χ0v) is 15.6. The minimum atomic E-state index is -0.107. The lowest BCUT2D eigenvalue weighted by atomic mass is 10.1. The molecule has 1 unspecified atom stereocenters. The number of carbonyl (C=O) groups excluding carboxylic acids is 1. The molecule has 1 aromatic heterocycles. The third-order valence-electron chi connectivity index (χ3n) is 3.78. The van der Waals surface area contributed by atoms with Gasteiger partial charge in [0.05, 0.1) is 6.61 Å². The van der Waals surface area contributed by atoms with E-state index in [1.54, 1.807) is 6.20 Å². The Morgan fingerprint density at radius 1 is 1.19 bits per heavy atom. The molecule has 0 fully saturated rings. The van der Waals surface area contributed by atoms with Crippen LogP contribution in [0.3, 0.4) is 0 Å². The van der Waals surface area contributed by atoms with Crippen LogP contribution in [0.5, 0.6) is 17.4 Å². The smallest absolute Gasteiger partial charge is 0.224 e. The molecule has 6 heteroatoms. The minimum Gasteiger partial charge on any atom is -0.490 e. The van der Waals surface area contributed by atoms with E-state index in [-0.39, 0.29) is 11.8 Å². The summed E-state index contributed by atoms with van der Waals surface area (Å²) in [7, 11) is 1.83. The number of hydrogen-bond acceptors (Lipinski definition) is 5. The van der Waals surface area contributed by atoms with Crippen molar-refractivity contribution in [2.75, 3.05) is 20.2 Å². The molecule has 0 saturated carbocycles. The van der Waals surface area contributed by atoms with Crippen LogP contribution in [-0.4, -0.2) is 31.1 Å². The number of para-hydroxylation sites is 2. The number of rotatable bonds is 10. The summed E-state index contributed by atoms with van der Waals surface area (Å²) in [4.78, 5) is 16.4.